The molecule has 20 heavy (non-hydrogen) atoms. The molecule has 0 saturated carbocycles. The van der Waals surface area contributed by atoms with E-state index in [0.717, 1.165) is 6.07 Å². The maximum Gasteiger partial charge on any atom is 0.417 e. The van der Waals surface area contributed by atoms with Gasteiger partial charge in [0.1, 0.15) is 0 Å². The third-order valence-electron chi connectivity index (χ3n) is 2.46. The first-order valence-corrected chi connectivity index (χ1v) is 6.59. The molecule has 0 aliphatic rings. The summed E-state index contributed by atoms with van der Waals surface area (Å²) in [6.07, 6.45) is -3.84. The van der Waals surface area contributed by atoms with E-state index >= 15 is 0 Å². The summed E-state index contributed by atoms with van der Waals surface area (Å²) in [7, 11) is 0. The third-order valence-corrected chi connectivity index (χ3v) is 4.04. The van der Waals surface area contributed by atoms with E-state index in [0.29, 0.717) is 11.8 Å². The molecule has 8 heteroatoms. The lowest BCUT2D eigenvalue weighted by molar-refractivity contribution is -0.137. The van der Waals surface area contributed by atoms with Crippen molar-refractivity contribution in [3.63, 3.8) is 0 Å². The predicted octanol–water partition coefficient (Wildman–Crippen LogP) is 6.38. The summed E-state index contributed by atoms with van der Waals surface area (Å²) in [6, 6.07) is 3.72. The highest BCUT2D eigenvalue weighted by Crippen LogP contribution is 2.40. The molecule has 0 aliphatic heterocycles. The topological polar surface area (TPSA) is 12.9 Å². The number of alkyl halides is 3. The van der Waals surface area contributed by atoms with Crippen molar-refractivity contribution in [3.8, 4) is 11.3 Å². The lowest BCUT2D eigenvalue weighted by Gasteiger charge is -2.11. The van der Waals surface area contributed by atoms with Crippen molar-refractivity contribution in [1.82, 2.24) is 4.98 Å². The number of rotatable bonds is 1. The van der Waals surface area contributed by atoms with E-state index in [1.54, 1.807) is 0 Å². The highest BCUT2D eigenvalue weighted by Gasteiger charge is 2.31. The summed E-state index contributed by atoms with van der Waals surface area (Å²) < 4.78 is 37.6. The molecule has 0 spiro atoms. The van der Waals surface area contributed by atoms with Gasteiger partial charge in [-0.2, -0.15) is 13.2 Å². The van der Waals surface area contributed by atoms with Crippen LogP contribution in [0.2, 0.25) is 20.1 Å². The fourth-order valence-corrected chi connectivity index (χ4v) is 2.39. The summed E-state index contributed by atoms with van der Waals surface area (Å²) in [5, 5.41) is 0.209. The van der Waals surface area contributed by atoms with Crippen LogP contribution in [0.1, 0.15) is 5.56 Å². The van der Waals surface area contributed by atoms with E-state index in [4.69, 9.17) is 46.4 Å². The number of hydrogen-bond acceptors (Lipinski definition) is 1. The molecule has 0 unspecified atom stereocenters. The average Bonchev–Trinajstić information content (AvgIpc) is 2.36. The molecule has 2 aromatic rings. The van der Waals surface area contributed by atoms with Crippen LogP contribution < -0.4 is 0 Å². The van der Waals surface area contributed by atoms with Crippen molar-refractivity contribution in [2.45, 2.75) is 6.18 Å². The number of aromatic nitrogens is 1. The molecule has 0 bridgehead atoms. The van der Waals surface area contributed by atoms with Gasteiger partial charge in [-0.25, -0.2) is 0 Å². The summed E-state index contributed by atoms with van der Waals surface area (Å²) in [5.74, 6) is 0. The first-order valence-electron chi connectivity index (χ1n) is 5.08. The second-order valence-corrected chi connectivity index (χ2v) is 5.35. The van der Waals surface area contributed by atoms with E-state index in [9.17, 15) is 13.2 Å². The molecule has 1 nitrogen and oxygen atoms in total. The Hall–Kier alpha value is -0.680. The minimum Gasteiger partial charge on any atom is -0.254 e. The maximum absolute atomic E-state index is 12.5. The van der Waals surface area contributed by atoms with Crippen molar-refractivity contribution in [1.29, 1.82) is 0 Å². The van der Waals surface area contributed by atoms with Crippen molar-refractivity contribution in [2.24, 2.45) is 0 Å². The first-order chi connectivity index (χ1) is 9.21. The smallest absolute Gasteiger partial charge is 0.254 e. The van der Waals surface area contributed by atoms with E-state index in [-0.39, 0.29) is 25.8 Å². The highest BCUT2D eigenvalue weighted by atomic mass is 35.5. The summed E-state index contributed by atoms with van der Waals surface area (Å²) in [5.41, 5.74) is -0.537. The van der Waals surface area contributed by atoms with E-state index in [1.165, 1.54) is 12.1 Å². The van der Waals surface area contributed by atoms with Gasteiger partial charge in [0.05, 0.1) is 31.3 Å². The van der Waals surface area contributed by atoms with E-state index in [1.807, 2.05) is 0 Å². The number of hydrogen-bond donors (Lipinski definition) is 0. The van der Waals surface area contributed by atoms with Gasteiger partial charge in [0.25, 0.3) is 0 Å². The molecule has 1 aromatic carbocycles. The largest absolute Gasteiger partial charge is 0.417 e. The lowest BCUT2D eigenvalue weighted by atomic mass is 10.1. The van der Waals surface area contributed by atoms with E-state index in [2.05, 4.69) is 4.98 Å². The fraction of sp³-hybridized carbons (Fsp3) is 0.0833. The van der Waals surface area contributed by atoms with Gasteiger partial charge in [-0.3, -0.25) is 4.98 Å². The van der Waals surface area contributed by atoms with Crippen LogP contribution in [0.3, 0.4) is 0 Å². The molecule has 2 rings (SSSR count). The molecule has 0 amide bonds. The van der Waals surface area contributed by atoms with Gasteiger partial charge in [0.2, 0.25) is 0 Å². The van der Waals surface area contributed by atoms with Crippen LogP contribution in [-0.4, -0.2) is 4.98 Å². The highest BCUT2D eigenvalue weighted by molar-refractivity contribution is 6.49. The maximum atomic E-state index is 12.5. The van der Waals surface area contributed by atoms with Crippen molar-refractivity contribution >= 4 is 46.4 Å². The van der Waals surface area contributed by atoms with Crippen molar-refractivity contribution in [2.75, 3.05) is 0 Å². The molecule has 0 saturated heterocycles. The number of pyridine rings is 1. The number of nitrogens with zero attached hydrogens (tertiary/aromatic N) is 1. The van der Waals surface area contributed by atoms with Crippen LogP contribution in [0.4, 0.5) is 13.2 Å². The van der Waals surface area contributed by atoms with Gasteiger partial charge in [-0.1, -0.05) is 46.4 Å². The van der Waals surface area contributed by atoms with Crippen LogP contribution >= 0.6 is 46.4 Å². The fourth-order valence-electron chi connectivity index (χ4n) is 1.50. The third kappa shape index (κ3) is 2.98. The number of halogens is 7. The molecule has 0 atom stereocenters. The van der Waals surface area contributed by atoms with E-state index < -0.39 is 11.7 Å². The van der Waals surface area contributed by atoms with Crippen LogP contribution in [-0.2, 0) is 6.18 Å². The van der Waals surface area contributed by atoms with Gasteiger partial charge in [0, 0.05) is 11.8 Å². The number of benzene rings is 1. The van der Waals surface area contributed by atoms with Gasteiger partial charge < -0.3 is 0 Å². The zero-order valence-electron chi connectivity index (χ0n) is 9.40. The summed E-state index contributed by atoms with van der Waals surface area (Å²) in [6.45, 7) is 0. The van der Waals surface area contributed by atoms with Gasteiger partial charge in [-0.05, 0) is 18.2 Å². The van der Waals surface area contributed by atoms with Crippen LogP contribution in [0.5, 0.6) is 0 Å². The molecule has 106 valence electrons. The minimum absolute atomic E-state index is 0.0772. The molecular weight excluding hydrogens is 357 g/mol. The Morgan fingerprint density at radius 3 is 2.10 bits per heavy atom. The Morgan fingerprint density at radius 1 is 0.900 bits per heavy atom. The zero-order chi connectivity index (χ0) is 15.1. The van der Waals surface area contributed by atoms with Crippen LogP contribution in [0.15, 0.2) is 24.4 Å². The summed E-state index contributed by atoms with van der Waals surface area (Å²) in [4.78, 5) is 3.71. The molecule has 0 aliphatic carbocycles. The SMILES string of the molecule is FC(F)(F)c1cnc(-c2ccc(Cl)c(Cl)c2Cl)c(Cl)c1. The minimum atomic E-state index is -4.52. The summed E-state index contributed by atoms with van der Waals surface area (Å²) >= 11 is 23.5. The van der Waals surface area contributed by atoms with Crippen LogP contribution in [0, 0.1) is 0 Å². The second-order valence-electron chi connectivity index (χ2n) is 3.78. The second kappa shape index (κ2) is 5.60. The van der Waals surface area contributed by atoms with Gasteiger partial charge in [-0.15, -0.1) is 0 Å². The van der Waals surface area contributed by atoms with Gasteiger partial charge >= 0.3 is 6.18 Å². The van der Waals surface area contributed by atoms with Crippen molar-refractivity contribution in [3.05, 3.63) is 50.0 Å². The Balaban J connectivity index is 2.58. The normalized spacial score (nSPS) is 11.8. The molecule has 0 N–H and O–H groups in total. The van der Waals surface area contributed by atoms with Gasteiger partial charge in [0.15, 0.2) is 0 Å². The Morgan fingerprint density at radius 2 is 1.55 bits per heavy atom. The quantitative estimate of drug-likeness (QED) is 0.537. The Labute approximate surface area is 132 Å². The molecule has 1 aromatic heterocycles. The molecule has 0 fully saturated rings. The van der Waals surface area contributed by atoms with Crippen LogP contribution in [0.25, 0.3) is 11.3 Å². The average molecular weight is 361 g/mol. The van der Waals surface area contributed by atoms with Crippen molar-refractivity contribution < 1.29 is 13.2 Å². The molecule has 0 radical (unpaired) electrons. The predicted molar refractivity (Wildman–Crippen MR) is 74.7 cm³/mol. The molecular formula is C12H4Cl4F3N. The standard InChI is InChI=1S/C12H4Cl4F3N/c13-7-2-1-6(9(15)10(7)16)11-8(14)3-5(4-20-11)12(17,18)19/h1-4H. The monoisotopic (exact) mass is 359 g/mol. The molecule has 1 heterocycles. The first kappa shape index (κ1) is 15.7. The lowest BCUT2D eigenvalue weighted by Crippen LogP contribution is -2.05. The zero-order valence-corrected chi connectivity index (χ0v) is 12.4. The Bertz CT molecular complexity index is 670. The Kier molecular flexibility index (Phi) is 4.40.